The van der Waals surface area contributed by atoms with Gasteiger partial charge in [-0.2, -0.15) is 18.3 Å². The number of benzene rings is 1. The predicted molar refractivity (Wildman–Crippen MR) is 122 cm³/mol. The van der Waals surface area contributed by atoms with Crippen molar-refractivity contribution in [1.82, 2.24) is 20.1 Å². The summed E-state index contributed by atoms with van der Waals surface area (Å²) in [6.07, 6.45) is 1.84. The molecule has 0 atom stereocenters. The summed E-state index contributed by atoms with van der Waals surface area (Å²) in [5.74, 6) is 1.19. The van der Waals surface area contributed by atoms with E-state index >= 15 is 0 Å². The van der Waals surface area contributed by atoms with Gasteiger partial charge in [-0.15, -0.1) is 5.10 Å². The monoisotopic (exact) mass is 485 g/mol. The van der Waals surface area contributed by atoms with Crippen LogP contribution >= 0.6 is 0 Å². The maximum Gasteiger partial charge on any atom is 0.422 e. The first-order chi connectivity index (χ1) is 16.8. The number of halogens is 3. The lowest BCUT2D eigenvalue weighted by Gasteiger charge is -2.28. The molecule has 182 valence electrons. The standard InChI is InChI=1S/C24H22F3N5O3/c25-24(26,27)16-34-20-6-7-22(28-15-20)35-19-4-1-3-18(14-19)13-17-8-11-32(12-9-17)23(33)30-21-5-2-10-29-31-21/h1-7,10,13-15H,8-9,11-12,16H2,(H,30,31,33). The molecule has 1 N–H and O–H groups in total. The number of rotatable bonds is 6. The number of ether oxygens (including phenoxy) is 2. The van der Waals surface area contributed by atoms with Gasteiger partial charge in [0.2, 0.25) is 5.88 Å². The highest BCUT2D eigenvalue weighted by Crippen LogP contribution is 2.26. The Labute approximate surface area is 199 Å². The van der Waals surface area contributed by atoms with Crippen LogP contribution in [0.25, 0.3) is 6.08 Å². The van der Waals surface area contributed by atoms with Gasteiger partial charge in [-0.05, 0) is 48.7 Å². The number of aromatic nitrogens is 3. The fraction of sp³-hybridized carbons (Fsp3) is 0.250. The number of nitrogens with zero attached hydrogens (tertiary/aromatic N) is 4. The van der Waals surface area contributed by atoms with Crippen molar-refractivity contribution in [3.05, 3.63) is 72.1 Å². The van der Waals surface area contributed by atoms with Crippen molar-refractivity contribution < 1.29 is 27.4 Å². The Morgan fingerprint density at radius 1 is 1.09 bits per heavy atom. The van der Waals surface area contributed by atoms with Crippen molar-refractivity contribution in [3.63, 3.8) is 0 Å². The second kappa shape index (κ2) is 10.9. The maximum absolute atomic E-state index is 12.4. The molecule has 4 rings (SSSR count). The zero-order valence-electron chi connectivity index (χ0n) is 18.5. The molecule has 1 aliphatic heterocycles. The quantitative estimate of drug-likeness (QED) is 0.509. The zero-order valence-corrected chi connectivity index (χ0v) is 18.5. The van der Waals surface area contributed by atoms with Crippen LogP contribution in [0, 0.1) is 0 Å². The molecule has 0 bridgehead atoms. The molecule has 1 saturated heterocycles. The number of likely N-dealkylation sites (tertiary alicyclic amines) is 1. The molecule has 8 nitrogen and oxygen atoms in total. The Balaban J connectivity index is 1.30. The van der Waals surface area contributed by atoms with E-state index in [1.165, 1.54) is 30.1 Å². The van der Waals surface area contributed by atoms with Crippen LogP contribution in [0.2, 0.25) is 0 Å². The number of amides is 2. The molecule has 1 fully saturated rings. The van der Waals surface area contributed by atoms with E-state index < -0.39 is 12.8 Å². The average molecular weight is 485 g/mol. The van der Waals surface area contributed by atoms with Gasteiger partial charge in [0.1, 0.15) is 11.5 Å². The van der Waals surface area contributed by atoms with E-state index in [0.717, 1.165) is 18.4 Å². The lowest BCUT2D eigenvalue weighted by molar-refractivity contribution is -0.153. The summed E-state index contributed by atoms with van der Waals surface area (Å²) in [5, 5.41) is 10.3. The molecule has 35 heavy (non-hydrogen) atoms. The Morgan fingerprint density at radius 2 is 1.91 bits per heavy atom. The molecule has 1 aliphatic rings. The molecule has 0 radical (unpaired) electrons. The van der Waals surface area contributed by atoms with Gasteiger partial charge in [0.25, 0.3) is 0 Å². The molecule has 0 saturated carbocycles. The largest absolute Gasteiger partial charge is 0.483 e. The number of hydrogen-bond acceptors (Lipinski definition) is 6. The van der Waals surface area contributed by atoms with Crippen molar-refractivity contribution in [2.75, 3.05) is 25.0 Å². The van der Waals surface area contributed by atoms with Crippen LogP contribution in [0.5, 0.6) is 17.4 Å². The molecule has 3 heterocycles. The first kappa shape index (κ1) is 24.0. The maximum atomic E-state index is 12.4. The number of nitrogens with one attached hydrogen (secondary N) is 1. The van der Waals surface area contributed by atoms with Gasteiger partial charge in [-0.1, -0.05) is 23.8 Å². The van der Waals surface area contributed by atoms with Gasteiger partial charge in [0.15, 0.2) is 12.4 Å². The molecular weight excluding hydrogens is 463 g/mol. The number of carbonyl (C=O) groups excluding carboxylic acids is 1. The van der Waals surface area contributed by atoms with E-state index in [2.05, 4.69) is 31.3 Å². The molecule has 0 spiro atoms. The molecule has 3 aromatic rings. The van der Waals surface area contributed by atoms with Crippen molar-refractivity contribution >= 4 is 17.9 Å². The topological polar surface area (TPSA) is 89.5 Å². The summed E-state index contributed by atoms with van der Waals surface area (Å²) in [7, 11) is 0. The van der Waals surface area contributed by atoms with E-state index in [4.69, 9.17) is 4.74 Å². The number of piperidine rings is 1. The summed E-state index contributed by atoms with van der Waals surface area (Å²) < 4.78 is 47.1. The number of pyridine rings is 1. The minimum absolute atomic E-state index is 0.00452. The third-order valence-corrected chi connectivity index (χ3v) is 5.06. The number of hydrogen-bond donors (Lipinski definition) is 1. The van der Waals surface area contributed by atoms with Crippen LogP contribution < -0.4 is 14.8 Å². The molecule has 11 heteroatoms. The van der Waals surface area contributed by atoms with Crippen LogP contribution in [0.15, 0.2) is 66.5 Å². The Hall–Kier alpha value is -4.15. The van der Waals surface area contributed by atoms with E-state index in [1.54, 1.807) is 23.1 Å². The third kappa shape index (κ3) is 7.42. The summed E-state index contributed by atoms with van der Waals surface area (Å²) in [5.41, 5.74) is 2.13. The minimum Gasteiger partial charge on any atom is -0.483 e. The highest BCUT2D eigenvalue weighted by Gasteiger charge is 2.28. The molecule has 2 aromatic heterocycles. The highest BCUT2D eigenvalue weighted by atomic mass is 19.4. The Kier molecular flexibility index (Phi) is 7.44. The zero-order chi connectivity index (χ0) is 24.7. The van der Waals surface area contributed by atoms with E-state index in [-0.39, 0.29) is 17.7 Å². The summed E-state index contributed by atoms with van der Waals surface area (Å²) in [4.78, 5) is 18.1. The third-order valence-electron chi connectivity index (χ3n) is 5.06. The van der Waals surface area contributed by atoms with Crippen LogP contribution in [-0.4, -0.2) is 52.0 Å². The summed E-state index contributed by atoms with van der Waals surface area (Å²) >= 11 is 0. The molecular formula is C24H22F3N5O3. The van der Waals surface area contributed by atoms with Crippen LogP contribution in [0.4, 0.5) is 23.8 Å². The Morgan fingerprint density at radius 3 is 2.60 bits per heavy atom. The van der Waals surface area contributed by atoms with Gasteiger partial charge < -0.3 is 14.4 Å². The second-order valence-corrected chi connectivity index (χ2v) is 7.74. The lowest BCUT2D eigenvalue weighted by Crippen LogP contribution is -2.39. The number of alkyl halides is 3. The summed E-state index contributed by atoms with van der Waals surface area (Å²) in [6.45, 7) is -0.211. The second-order valence-electron chi connectivity index (χ2n) is 7.74. The SMILES string of the molecule is O=C(Nc1cccnn1)N1CCC(=Cc2cccc(Oc3ccc(OCC(F)(F)F)cn3)c2)CC1. The first-order valence-corrected chi connectivity index (χ1v) is 10.8. The highest BCUT2D eigenvalue weighted by molar-refractivity contribution is 5.88. The molecule has 0 aliphatic carbocycles. The van der Waals surface area contributed by atoms with Crippen LogP contribution in [0.3, 0.4) is 0 Å². The van der Waals surface area contributed by atoms with Crippen molar-refractivity contribution in [2.45, 2.75) is 19.0 Å². The lowest BCUT2D eigenvalue weighted by atomic mass is 10.0. The van der Waals surface area contributed by atoms with Gasteiger partial charge in [0, 0.05) is 25.4 Å². The number of anilines is 1. The summed E-state index contributed by atoms with van der Waals surface area (Å²) in [6, 6.07) is 13.4. The average Bonchev–Trinajstić information content (AvgIpc) is 2.84. The molecule has 0 unspecified atom stereocenters. The van der Waals surface area contributed by atoms with Gasteiger partial charge in [-0.3, -0.25) is 5.32 Å². The molecule has 1 aromatic carbocycles. The van der Waals surface area contributed by atoms with Crippen molar-refractivity contribution in [1.29, 1.82) is 0 Å². The Bertz CT molecular complexity index is 1160. The van der Waals surface area contributed by atoms with Crippen molar-refractivity contribution in [2.24, 2.45) is 0 Å². The minimum atomic E-state index is -4.41. The predicted octanol–water partition coefficient (Wildman–Crippen LogP) is 5.32. The van der Waals surface area contributed by atoms with Gasteiger partial charge in [-0.25, -0.2) is 9.78 Å². The van der Waals surface area contributed by atoms with Crippen LogP contribution in [-0.2, 0) is 0 Å². The van der Waals surface area contributed by atoms with E-state index in [9.17, 15) is 18.0 Å². The van der Waals surface area contributed by atoms with Gasteiger partial charge in [0.05, 0.1) is 6.20 Å². The van der Waals surface area contributed by atoms with Crippen LogP contribution in [0.1, 0.15) is 18.4 Å². The van der Waals surface area contributed by atoms with Crippen molar-refractivity contribution in [3.8, 4) is 17.4 Å². The number of urea groups is 1. The fourth-order valence-corrected chi connectivity index (χ4v) is 3.40. The smallest absolute Gasteiger partial charge is 0.422 e. The normalized spacial score (nSPS) is 13.8. The number of carbonyl (C=O) groups is 1. The molecule has 2 amide bonds. The van der Waals surface area contributed by atoms with Gasteiger partial charge >= 0.3 is 12.2 Å². The fourth-order valence-electron chi connectivity index (χ4n) is 3.40. The first-order valence-electron chi connectivity index (χ1n) is 10.8. The van der Waals surface area contributed by atoms with E-state index in [1.807, 2.05) is 18.2 Å². The van der Waals surface area contributed by atoms with E-state index in [0.29, 0.717) is 24.7 Å².